The van der Waals surface area contributed by atoms with Gasteiger partial charge in [0, 0.05) is 5.69 Å². The van der Waals surface area contributed by atoms with E-state index in [2.05, 4.69) is 20.5 Å². The molecule has 0 aliphatic carbocycles. The lowest BCUT2D eigenvalue weighted by atomic mass is 10.3. The molecule has 0 bridgehead atoms. The summed E-state index contributed by atoms with van der Waals surface area (Å²) in [7, 11) is 0. The second-order valence-corrected chi connectivity index (χ2v) is 3.77. The van der Waals surface area contributed by atoms with Crippen LogP contribution in [0.15, 0.2) is 30.5 Å². The van der Waals surface area contributed by atoms with Crippen LogP contribution >= 0.6 is 11.6 Å². The topological polar surface area (TPSA) is 67.8 Å². The third-order valence-corrected chi connectivity index (χ3v) is 2.24. The number of aryl methyl sites for hydroxylation is 1. The van der Waals surface area contributed by atoms with Gasteiger partial charge in [0.2, 0.25) is 0 Å². The SMILES string of the molecule is Cc1ccc(NC(=O)c2ccc(Cl)nn2)cn1. The van der Waals surface area contributed by atoms with E-state index < -0.39 is 0 Å². The molecule has 1 amide bonds. The summed E-state index contributed by atoms with van der Waals surface area (Å²) in [5.74, 6) is -0.347. The van der Waals surface area contributed by atoms with Gasteiger partial charge in [0.05, 0.1) is 11.9 Å². The van der Waals surface area contributed by atoms with Crippen molar-refractivity contribution >= 4 is 23.2 Å². The predicted molar refractivity (Wildman–Crippen MR) is 64.0 cm³/mol. The van der Waals surface area contributed by atoms with Crippen LogP contribution in [0.3, 0.4) is 0 Å². The Morgan fingerprint density at radius 1 is 1.24 bits per heavy atom. The van der Waals surface area contributed by atoms with E-state index in [4.69, 9.17) is 11.6 Å². The van der Waals surface area contributed by atoms with Gasteiger partial charge in [0.15, 0.2) is 10.8 Å². The first kappa shape index (κ1) is 11.5. The number of halogens is 1. The number of carbonyl (C=O) groups is 1. The molecule has 6 heteroatoms. The van der Waals surface area contributed by atoms with Crippen molar-refractivity contribution in [2.45, 2.75) is 6.92 Å². The summed E-state index contributed by atoms with van der Waals surface area (Å²) < 4.78 is 0. The Balaban J connectivity index is 2.11. The molecule has 0 spiro atoms. The molecule has 2 heterocycles. The molecule has 2 aromatic rings. The number of carbonyl (C=O) groups excluding carboxylic acids is 1. The fourth-order valence-electron chi connectivity index (χ4n) is 1.17. The largest absolute Gasteiger partial charge is 0.319 e. The van der Waals surface area contributed by atoms with Crippen molar-refractivity contribution in [3.63, 3.8) is 0 Å². The number of nitrogens with one attached hydrogen (secondary N) is 1. The molecule has 2 aromatic heterocycles. The summed E-state index contributed by atoms with van der Waals surface area (Å²) in [4.78, 5) is 15.8. The quantitative estimate of drug-likeness (QED) is 0.884. The number of anilines is 1. The van der Waals surface area contributed by atoms with Crippen LogP contribution in [0.1, 0.15) is 16.2 Å². The molecule has 0 saturated heterocycles. The molecule has 0 aromatic carbocycles. The molecule has 5 nitrogen and oxygen atoms in total. The lowest BCUT2D eigenvalue weighted by Crippen LogP contribution is -2.14. The average molecular weight is 249 g/mol. The van der Waals surface area contributed by atoms with Gasteiger partial charge in [-0.15, -0.1) is 10.2 Å². The molecule has 2 rings (SSSR count). The Labute approximate surface area is 103 Å². The molecule has 0 unspecified atom stereocenters. The van der Waals surface area contributed by atoms with Crippen LogP contribution in [-0.4, -0.2) is 21.1 Å². The summed E-state index contributed by atoms with van der Waals surface area (Å²) in [6.07, 6.45) is 1.58. The van der Waals surface area contributed by atoms with Crippen molar-refractivity contribution in [1.82, 2.24) is 15.2 Å². The van der Waals surface area contributed by atoms with Crippen molar-refractivity contribution in [3.05, 3.63) is 47.0 Å². The number of aromatic nitrogens is 3. The summed E-state index contributed by atoms with van der Waals surface area (Å²) in [6.45, 7) is 1.87. The Hall–Kier alpha value is -2.01. The van der Waals surface area contributed by atoms with Gasteiger partial charge in [-0.1, -0.05) is 11.6 Å². The van der Waals surface area contributed by atoms with Gasteiger partial charge in [-0.3, -0.25) is 9.78 Å². The van der Waals surface area contributed by atoms with Gasteiger partial charge < -0.3 is 5.32 Å². The van der Waals surface area contributed by atoms with Crippen LogP contribution in [0, 0.1) is 6.92 Å². The minimum absolute atomic E-state index is 0.204. The van der Waals surface area contributed by atoms with E-state index >= 15 is 0 Å². The molecule has 0 fully saturated rings. The number of hydrogen-bond acceptors (Lipinski definition) is 4. The maximum Gasteiger partial charge on any atom is 0.276 e. The fourth-order valence-corrected chi connectivity index (χ4v) is 1.27. The van der Waals surface area contributed by atoms with Gasteiger partial charge in [0.1, 0.15) is 0 Å². The van der Waals surface area contributed by atoms with Crippen molar-refractivity contribution in [2.75, 3.05) is 5.32 Å². The average Bonchev–Trinajstić information content (AvgIpc) is 2.33. The third kappa shape index (κ3) is 2.98. The molecule has 0 saturated carbocycles. The summed E-state index contributed by atoms with van der Waals surface area (Å²) >= 11 is 5.58. The zero-order chi connectivity index (χ0) is 12.3. The normalized spacial score (nSPS) is 10.0. The van der Waals surface area contributed by atoms with Crippen LogP contribution in [-0.2, 0) is 0 Å². The van der Waals surface area contributed by atoms with E-state index in [0.29, 0.717) is 5.69 Å². The van der Waals surface area contributed by atoms with Gasteiger partial charge in [0.25, 0.3) is 5.91 Å². The highest BCUT2D eigenvalue weighted by Gasteiger charge is 2.08. The van der Waals surface area contributed by atoms with Crippen molar-refractivity contribution in [1.29, 1.82) is 0 Å². The summed E-state index contributed by atoms with van der Waals surface area (Å²) in [5.41, 5.74) is 1.70. The van der Waals surface area contributed by atoms with Crippen molar-refractivity contribution < 1.29 is 4.79 Å². The molecule has 17 heavy (non-hydrogen) atoms. The van der Waals surface area contributed by atoms with E-state index in [1.807, 2.05) is 13.0 Å². The second kappa shape index (κ2) is 4.88. The van der Waals surface area contributed by atoms with Crippen molar-refractivity contribution in [3.8, 4) is 0 Å². The number of amides is 1. The van der Waals surface area contributed by atoms with Crippen LogP contribution in [0.5, 0.6) is 0 Å². The van der Waals surface area contributed by atoms with Gasteiger partial charge in [-0.05, 0) is 31.2 Å². The number of hydrogen-bond donors (Lipinski definition) is 1. The van der Waals surface area contributed by atoms with Crippen LogP contribution in [0.4, 0.5) is 5.69 Å². The molecule has 0 aliphatic heterocycles. The minimum Gasteiger partial charge on any atom is -0.319 e. The van der Waals surface area contributed by atoms with E-state index in [0.717, 1.165) is 5.69 Å². The first-order valence-electron chi connectivity index (χ1n) is 4.88. The number of rotatable bonds is 2. The lowest BCUT2D eigenvalue weighted by molar-refractivity contribution is 0.102. The van der Waals surface area contributed by atoms with E-state index in [1.165, 1.54) is 12.1 Å². The Bertz CT molecular complexity index is 524. The summed E-state index contributed by atoms with van der Waals surface area (Å²) in [6, 6.07) is 6.59. The molecule has 86 valence electrons. The number of pyridine rings is 1. The van der Waals surface area contributed by atoms with E-state index in [-0.39, 0.29) is 16.8 Å². The Morgan fingerprint density at radius 3 is 2.65 bits per heavy atom. The first-order chi connectivity index (χ1) is 8.15. The second-order valence-electron chi connectivity index (χ2n) is 3.38. The molecular weight excluding hydrogens is 240 g/mol. The summed E-state index contributed by atoms with van der Waals surface area (Å²) in [5, 5.41) is 10.2. The fraction of sp³-hybridized carbons (Fsp3) is 0.0909. The highest BCUT2D eigenvalue weighted by Crippen LogP contribution is 2.08. The highest BCUT2D eigenvalue weighted by molar-refractivity contribution is 6.29. The maximum absolute atomic E-state index is 11.7. The van der Waals surface area contributed by atoms with Gasteiger partial charge in [-0.2, -0.15) is 0 Å². The first-order valence-corrected chi connectivity index (χ1v) is 5.26. The smallest absolute Gasteiger partial charge is 0.276 e. The Kier molecular flexibility index (Phi) is 3.30. The number of nitrogens with zero attached hydrogens (tertiary/aromatic N) is 3. The van der Waals surface area contributed by atoms with Crippen molar-refractivity contribution in [2.24, 2.45) is 0 Å². The molecule has 0 aliphatic rings. The third-order valence-electron chi connectivity index (χ3n) is 2.03. The molecule has 1 N–H and O–H groups in total. The lowest BCUT2D eigenvalue weighted by Gasteiger charge is -2.03. The van der Waals surface area contributed by atoms with E-state index in [9.17, 15) is 4.79 Å². The standard InChI is InChI=1S/C11H9ClN4O/c1-7-2-3-8(6-13-7)14-11(17)9-4-5-10(12)16-15-9/h2-6H,1H3,(H,14,17). The van der Waals surface area contributed by atoms with Gasteiger partial charge in [-0.25, -0.2) is 0 Å². The molecule has 0 atom stereocenters. The van der Waals surface area contributed by atoms with Crippen LogP contribution in [0.25, 0.3) is 0 Å². The zero-order valence-electron chi connectivity index (χ0n) is 9.01. The monoisotopic (exact) mass is 248 g/mol. The minimum atomic E-state index is -0.347. The molecule has 0 radical (unpaired) electrons. The van der Waals surface area contributed by atoms with Crippen LogP contribution < -0.4 is 5.32 Å². The van der Waals surface area contributed by atoms with Crippen LogP contribution in [0.2, 0.25) is 5.15 Å². The predicted octanol–water partition coefficient (Wildman–Crippen LogP) is 2.09. The zero-order valence-corrected chi connectivity index (χ0v) is 9.77. The van der Waals surface area contributed by atoms with Gasteiger partial charge >= 0.3 is 0 Å². The molecular formula is C11H9ClN4O. The van der Waals surface area contributed by atoms with E-state index in [1.54, 1.807) is 12.3 Å². The Morgan fingerprint density at radius 2 is 2.06 bits per heavy atom. The highest BCUT2D eigenvalue weighted by atomic mass is 35.5. The maximum atomic E-state index is 11.7.